The molecule has 4 nitrogen and oxygen atoms in total. The maximum absolute atomic E-state index is 12.1. The van der Waals surface area contributed by atoms with Gasteiger partial charge in [0.1, 0.15) is 0 Å². The number of anilines is 3. The molecule has 0 aliphatic rings. The fraction of sp³-hybridized carbons (Fsp3) is 0.0714. The molecule has 0 saturated carbocycles. The van der Waals surface area contributed by atoms with Crippen molar-refractivity contribution in [2.45, 2.75) is 6.92 Å². The zero-order valence-corrected chi connectivity index (χ0v) is 11.2. The lowest BCUT2D eigenvalue weighted by molar-refractivity contribution is 0.102. The van der Waals surface area contributed by atoms with Crippen LogP contribution in [0.15, 0.2) is 36.4 Å². The number of amides is 1. The molecule has 0 fully saturated rings. The quantitative estimate of drug-likeness (QED) is 0.737. The number of hydrogen-bond acceptors (Lipinski definition) is 3. The molecule has 0 spiro atoms. The SMILES string of the molecule is Cc1cccc(Cl)c1NC(=O)c1cc(N)cc(N)c1. The van der Waals surface area contributed by atoms with Crippen LogP contribution in [0.2, 0.25) is 5.02 Å². The van der Waals surface area contributed by atoms with Gasteiger partial charge in [-0.25, -0.2) is 0 Å². The molecule has 0 aromatic heterocycles. The number of carbonyl (C=O) groups is 1. The van der Waals surface area contributed by atoms with Crippen LogP contribution in [0.3, 0.4) is 0 Å². The Morgan fingerprint density at radius 2 is 1.79 bits per heavy atom. The Kier molecular flexibility index (Phi) is 3.62. The van der Waals surface area contributed by atoms with E-state index in [1.165, 1.54) is 0 Å². The van der Waals surface area contributed by atoms with Gasteiger partial charge in [0, 0.05) is 16.9 Å². The molecule has 0 aliphatic heterocycles. The van der Waals surface area contributed by atoms with Crippen molar-refractivity contribution in [3.05, 3.63) is 52.5 Å². The minimum atomic E-state index is -0.296. The van der Waals surface area contributed by atoms with Crippen molar-refractivity contribution in [3.63, 3.8) is 0 Å². The van der Waals surface area contributed by atoms with Crippen molar-refractivity contribution in [1.29, 1.82) is 0 Å². The molecule has 0 radical (unpaired) electrons. The second-order valence-corrected chi connectivity index (χ2v) is 4.68. The normalized spacial score (nSPS) is 10.2. The summed E-state index contributed by atoms with van der Waals surface area (Å²) in [5.74, 6) is -0.296. The number of benzene rings is 2. The Balaban J connectivity index is 2.31. The third kappa shape index (κ3) is 2.98. The van der Waals surface area contributed by atoms with E-state index in [0.717, 1.165) is 5.56 Å². The summed E-state index contributed by atoms with van der Waals surface area (Å²) in [6.45, 7) is 1.87. The molecule has 1 amide bonds. The van der Waals surface area contributed by atoms with Crippen LogP contribution in [0.25, 0.3) is 0 Å². The minimum Gasteiger partial charge on any atom is -0.399 e. The summed E-state index contributed by atoms with van der Waals surface area (Å²) >= 11 is 6.06. The molecule has 2 aromatic carbocycles. The van der Waals surface area contributed by atoms with Crippen LogP contribution >= 0.6 is 11.6 Å². The second-order valence-electron chi connectivity index (χ2n) is 4.27. The largest absolute Gasteiger partial charge is 0.399 e. The Labute approximate surface area is 116 Å². The molecule has 0 aliphatic carbocycles. The lowest BCUT2D eigenvalue weighted by Gasteiger charge is -2.11. The van der Waals surface area contributed by atoms with Crippen molar-refractivity contribution < 1.29 is 4.79 Å². The topological polar surface area (TPSA) is 81.1 Å². The smallest absolute Gasteiger partial charge is 0.255 e. The van der Waals surface area contributed by atoms with Crippen molar-refractivity contribution in [2.24, 2.45) is 0 Å². The van der Waals surface area contributed by atoms with Crippen LogP contribution in [-0.2, 0) is 0 Å². The number of rotatable bonds is 2. The molecule has 2 aromatic rings. The van der Waals surface area contributed by atoms with Gasteiger partial charge in [-0.3, -0.25) is 4.79 Å². The number of aryl methyl sites for hydroxylation is 1. The van der Waals surface area contributed by atoms with Crippen LogP contribution in [0.1, 0.15) is 15.9 Å². The number of nitrogen functional groups attached to an aromatic ring is 2. The first-order valence-corrected chi connectivity index (χ1v) is 6.07. The molecule has 0 unspecified atom stereocenters. The molecule has 19 heavy (non-hydrogen) atoms. The predicted octanol–water partition coefficient (Wildman–Crippen LogP) is 3.07. The minimum absolute atomic E-state index is 0.296. The molecular formula is C14H14ClN3O. The Hall–Kier alpha value is -2.20. The van der Waals surface area contributed by atoms with Gasteiger partial charge < -0.3 is 16.8 Å². The number of halogens is 1. The van der Waals surface area contributed by atoms with Gasteiger partial charge in [0.15, 0.2) is 0 Å². The van der Waals surface area contributed by atoms with Crippen molar-refractivity contribution in [2.75, 3.05) is 16.8 Å². The van der Waals surface area contributed by atoms with Gasteiger partial charge in [0.05, 0.1) is 10.7 Å². The third-order valence-corrected chi connectivity index (χ3v) is 3.02. The first kappa shape index (κ1) is 13.2. The summed E-state index contributed by atoms with van der Waals surface area (Å²) < 4.78 is 0. The molecular weight excluding hydrogens is 262 g/mol. The van der Waals surface area contributed by atoms with E-state index in [1.54, 1.807) is 24.3 Å². The highest BCUT2D eigenvalue weighted by Crippen LogP contribution is 2.26. The second kappa shape index (κ2) is 5.20. The lowest BCUT2D eigenvalue weighted by Crippen LogP contribution is -2.14. The van der Waals surface area contributed by atoms with E-state index in [9.17, 15) is 4.79 Å². The van der Waals surface area contributed by atoms with E-state index in [-0.39, 0.29) is 5.91 Å². The number of carbonyl (C=O) groups excluding carboxylic acids is 1. The molecule has 2 rings (SSSR count). The highest BCUT2D eigenvalue weighted by atomic mass is 35.5. The van der Waals surface area contributed by atoms with Crippen LogP contribution in [0.5, 0.6) is 0 Å². The van der Waals surface area contributed by atoms with Gasteiger partial charge in [-0.15, -0.1) is 0 Å². The number of hydrogen-bond donors (Lipinski definition) is 3. The Morgan fingerprint density at radius 1 is 1.16 bits per heavy atom. The van der Waals surface area contributed by atoms with Crippen LogP contribution < -0.4 is 16.8 Å². The fourth-order valence-electron chi connectivity index (χ4n) is 1.78. The standard InChI is InChI=1S/C14H14ClN3O/c1-8-3-2-4-12(15)13(8)18-14(19)9-5-10(16)7-11(17)6-9/h2-7H,16-17H2,1H3,(H,18,19). The molecule has 0 saturated heterocycles. The van der Waals surface area contributed by atoms with E-state index in [1.807, 2.05) is 19.1 Å². The average molecular weight is 276 g/mol. The van der Waals surface area contributed by atoms with E-state index < -0.39 is 0 Å². The van der Waals surface area contributed by atoms with Gasteiger partial charge in [0.25, 0.3) is 5.91 Å². The molecule has 5 heteroatoms. The molecule has 5 N–H and O–H groups in total. The first-order valence-electron chi connectivity index (χ1n) is 5.70. The number of nitrogens with two attached hydrogens (primary N) is 2. The van der Waals surface area contributed by atoms with Gasteiger partial charge in [0.2, 0.25) is 0 Å². The van der Waals surface area contributed by atoms with E-state index in [2.05, 4.69) is 5.32 Å². The summed E-state index contributed by atoms with van der Waals surface area (Å²) in [6, 6.07) is 10.1. The fourth-order valence-corrected chi connectivity index (χ4v) is 2.05. The van der Waals surface area contributed by atoms with Crippen molar-refractivity contribution in [3.8, 4) is 0 Å². The van der Waals surface area contributed by atoms with E-state index >= 15 is 0 Å². The van der Waals surface area contributed by atoms with Crippen molar-refractivity contribution >= 4 is 34.6 Å². The summed E-state index contributed by atoms with van der Waals surface area (Å²) in [5.41, 5.74) is 14.1. The zero-order chi connectivity index (χ0) is 14.0. The monoisotopic (exact) mass is 275 g/mol. The van der Waals surface area contributed by atoms with Gasteiger partial charge in [-0.1, -0.05) is 23.7 Å². The van der Waals surface area contributed by atoms with E-state index in [4.69, 9.17) is 23.1 Å². The average Bonchev–Trinajstić information content (AvgIpc) is 2.32. The summed E-state index contributed by atoms with van der Waals surface area (Å²) in [6.07, 6.45) is 0. The van der Waals surface area contributed by atoms with Crippen molar-refractivity contribution in [1.82, 2.24) is 0 Å². The Morgan fingerprint density at radius 3 is 2.37 bits per heavy atom. The maximum atomic E-state index is 12.1. The molecule has 0 heterocycles. The third-order valence-electron chi connectivity index (χ3n) is 2.70. The number of nitrogens with one attached hydrogen (secondary N) is 1. The van der Waals surface area contributed by atoms with Crippen LogP contribution in [0, 0.1) is 6.92 Å². The van der Waals surface area contributed by atoms with E-state index in [0.29, 0.717) is 27.6 Å². The summed E-state index contributed by atoms with van der Waals surface area (Å²) in [4.78, 5) is 12.1. The molecule has 0 bridgehead atoms. The van der Waals surface area contributed by atoms with Gasteiger partial charge in [-0.05, 0) is 36.8 Å². The van der Waals surface area contributed by atoms with Crippen LogP contribution in [0.4, 0.5) is 17.1 Å². The van der Waals surface area contributed by atoms with Gasteiger partial charge >= 0.3 is 0 Å². The summed E-state index contributed by atoms with van der Waals surface area (Å²) in [5, 5.41) is 3.26. The van der Waals surface area contributed by atoms with Gasteiger partial charge in [-0.2, -0.15) is 0 Å². The highest BCUT2D eigenvalue weighted by Gasteiger charge is 2.11. The maximum Gasteiger partial charge on any atom is 0.255 e. The highest BCUT2D eigenvalue weighted by molar-refractivity contribution is 6.34. The molecule has 0 atom stereocenters. The molecule has 98 valence electrons. The summed E-state index contributed by atoms with van der Waals surface area (Å²) in [7, 11) is 0. The number of para-hydroxylation sites is 1. The Bertz CT molecular complexity index is 600. The zero-order valence-electron chi connectivity index (χ0n) is 10.4. The lowest BCUT2D eigenvalue weighted by atomic mass is 10.1. The van der Waals surface area contributed by atoms with Crippen LogP contribution in [-0.4, -0.2) is 5.91 Å². The predicted molar refractivity (Wildman–Crippen MR) is 79.4 cm³/mol. The first-order chi connectivity index (χ1) is 8.97.